The van der Waals surface area contributed by atoms with Crippen molar-refractivity contribution in [2.75, 3.05) is 28.4 Å². The minimum atomic E-state index is -0.470. The van der Waals surface area contributed by atoms with E-state index in [-0.39, 0.29) is 5.92 Å². The molecule has 40 heavy (non-hydrogen) atoms. The summed E-state index contributed by atoms with van der Waals surface area (Å²) in [5, 5.41) is 1.35. The van der Waals surface area contributed by atoms with E-state index in [1.807, 2.05) is 12.1 Å². The van der Waals surface area contributed by atoms with Crippen molar-refractivity contribution in [1.82, 2.24) is 0 Å². The third kappa shape index (κ3) is 4.63. The molecule has 8 heteroatoms. The van der Waals surface area contributed by atoms with Crippen molar-refractivity contribution in [2.45, 2.75) is 32.6 Å². The molecule has 0 N–H and O–H groups in total. The summed E-state index contributed by atoms with van der Waals surface area (Å²) in [5.74, 6) is 1.95. The van der Waals surface area contributed by atoms with Crippen LogP contribution in [0.15, 0.2) is 72.5 Å². The van der Waals surface area contributed by atoms with Crippen molar-refractivity contribution < 1.29 is 27.8 Å². The van der Waals surface area contributed by atoms with Crippen molar-refractivity contribution in [3.8, 4) is 23.0 Å². The quantitative estimate of drug-likeness (QED) is 0.193. The lowest BCUT2D eigenvalue weighted by atomic mass is 9.65. The first-order valence-corrected chi connectivity index (χ1v) is 13.0. The summed E-state index contributed by atoms with van der Waals surface area (Å²) in [7, 11) is 6.28. The van der Waals surface area contributed by atoms with Crippen LogP contribution in [-0.2, 0) is 0 Å². The minimum absolute atomic E-state index is 0.214. The summed E-state index contributed by atoms with van der Waals surface area (Å²) in [6.45, 7) is 4.25. The van der Waals surface area contributed by atoms with Crippen molar-refractivity contribution in [1.29, 1.82) is 0 Å². The molecule has 0 bridgehead atoms. The van der Waals surface area contributed by atoms with Gasteiger partial charge in [-0.05, 0) is 37.3 Å². The van der Waals surface area contributed by atoms with Gasteiger partial charge in [-0.2, -0.15) is 0 Å². The first-order valence-electron chi connectivity index (χ1n) is 13.0. The molecule has 0 aliphatic heterocycles. The van der Waals surface area contributed by atoms with Gasteiger partial charge in [-0.3, -0.25) is 0 Å². The molecule has 208 valence electrons. The van der Waals surface area contributed by atoms with Gasteiger partial charge in [0.2, 0.25) is 0 Å². The molecule has 5 rings (SSSR count). The number of rotatable bonds is 7. The zero-order valence-electron chi connectivity index (χ0n) is 23.5. The number of allylic oxidation sites excluding steroid dienone is 3. The second kappa shape index (κ2) is 10.6. The van der Waals surface area contributed by atoms with E-state index in [1.54, 1.807) is 46.6 Å². The van der Waals surface area contributed by atoms with E-state index in [0.29, 0.717) is 50.5 Å². The Bertz CT molecular complexity index is 1770. The molecule has 8 nitrogen and oxygen atoms in total. The summed E-state index contributed by atoms with van der Waals surface area (Å²) >= 11 is 0. The number of hydrogen-bond donors (Lipinski definition) is 0. The monoisotopic (exact) mass is 544 g/mol. The van der Waals surface area contributed by atoms with E-state index in [1.165, 1.54) is 17.7 Å². The fraction of sp³-hybridized carbons (Fsp3) is 0.312. The lowest BCUT2D eigenvalue weighted by Gasteiger charge is -2.39. The average Bonchev–Trinajstić information content (AvgIpc) is 2.96. The predicted molar refractivity (Wildman–Crippen MR) is 154 cm³/mol. The molecule has 2 aromatic heterocycles. The smallest absolute Gasteiger partial charge is 0.336 e. The molecular weight excluding hydrogens is 512 g/mol. The normalized spacial score (nSPS) is 19.1. The van der Waals surface area contributed by atoms with Gasteiger partial charge in [0, 0.05) is 35.7 Å². The van der Waals surface area contributed by atoms with Gasteiger partial charge in [0.05, 0.1) is 44.8 Å². The first-order chi connectivity index (χ1) is 19.2. The lowest BCUT2D eigenvalue weighted by Crippen LogP contribution is -2.26. The van der Waals surface area contributed by atoms with Crippen LogP contribution in [0.1, 0.15) is 43.7 Å². The standard InChI is InChI=1S/C32H32O8/c1-18-11-13-32(2,14-12-21-24(36-4)16-23(35-3)19-7-9-27(33)39-30(19)21)22(15-18)29-26(38-6)17-25(37-5)20-8-10-28(34)40-31(20)29/h7-10,12,14-17,22H,11,13H2,1-6H3/b14-12+/t22-,32+/m0/s1. The van der Waals surface area contributed by atoms with Gasteiger partial charge in [-0.1, -0.05) is 30.7 Å². The van der Waals surface area contributed by atoms with Crippen LogP contribution in [0.3, 0.4) is 0 Å². The van der Waals surface area contributed by atoms with Gasteiger partial charge in [0.15, 0.2) is 5.58 Å². The van der Waals surface area contributed by atoms with Crippen LogP contribution in [0.4, 0.5) is 0 Å². The number of ether oxygens (including phenoxy) is 4. The molecule has 4 aromatic rings. The van der Waals surface area contributed by atoms with Crippen LogP contribution in [0.25, 0.3) is 28.0 Å². The molecule has 0 fully saturated rings. The largest absolute Gasteiger partial charge is 0.496 e. The maximum absolute atomic E-state index is 12.4. The Kier molecular flexibility index (Phi) is 7.19. The molecule has 2 heterocycles. The van der Waals surface area contributed by atoms with E-state index < -0.39 is 16.7 Å². The molecule has 0 amide bonds. The third-order valence-electron chi connectivity index (χ3n) is 7.78. The molecule has 0 saturated carbocycles. The zero-order chi connectivity index (χ0) is 28.6. The Morgan fingerprint density at radius 3 is 1.95 bits per heavy atom. The van der Waals surface area contributed by atoms with Crippen molar-refractivity contribution in [3.05, 3.63) is 86.1 Å². The van der Waals surface area contributed by atoms with Crippen LogP contribution in [0, 0.1) is 5.41 Å². The summed E-state index contributed by atoms with van der Waals surface area (Å²) in [6, 6.07) is 9.76. The highest BCUT2D eigenvalue weighted by Crippen LogP contribution is 2.52. The van der Waals surface area contributed by atoms with E-state index >= 15 is 0 Å². The fourth-order valence-electron chi connectivity index (χ4n) is 5.58. The SMILES string of the molecule is COc1cc(OC)c2ccc(=O)oc2c1/C=C/[C@@]1(C)CCC(C)=C[C@H]1c1c(OC)cc(OC)c2ccc(=O)oc12. The maximum Gasteiger partial charge on any atom is 0.336 e. The molecule has 0 saturated heterocycles. The Hall–Kier alpha value is -4.46. The van der Waals surface area contributed by atoms with E-state index in [9.17, 15) is 9.59 Å². The molecule has 1 aliphatic rings. The van der Waals surface area contributed by atoms with Crippen LogP contribution < -0.4 is 30.2 Å². The molecule has 2 atom stereocenters. The number of benzene rings is 2. The highest BCUT2D eigenvalue weighted by molar-refractivity contribution is 5.93. The number of fused-ring (bicyclic) bond motifs is 2. The van der Waals surface area contributed by atoms with E-state index in [4.69, 9.17) is 27.8 Å². The Morgan fingerprint density at radius 1 is 0.800 bits per heavy atom. The molecule has 2 aromatic carbocycles. The van der Waals surface area contributed by atoms with Crippen molar-refractivity contribution in [3.63, 3.8) is 0 Å². The molecule has 0 unspecified atom stereocenters. The minimum Gasteiger partial charge on any atom is -0.496 e. The van der Waals surface area contributed by atoms with Crippen molar-refractivity contribution >= 4 is 28.0 Å². The summed E-state index contributed by atoms with van der Waals surface area (Å²) < 4.78 is 34.1. The molecular formula is C32H32O8. The topological polar surface area (TPSA) is 97.3 Å². The summed E-state index contributed by atoms with van der Waals surface area (Å²) in [5.41, 5.74) is 2.04. The molecule has 0 spiro atoms. The number of hydrogen-bond acceptors (Lipinski definition) is 8. The average molecular weight is 545 g/mol. The lowest BCUT2D eigenvalue weighted by molar-refractivity contribution is 0.320. The zero-order valence-corrected chi connectivity index (χ0v) is 23.5. The van der Waals surface area contributed by atoms with Gasteiger partial charge < -0.3 is 27.8 Å². The number of methoxy groups -OCH3 is 4. The maximum atomic E-state index is 12.4. The highest BCUT2D eigenvalue weighted by Gasteiger charge is 2.38. The Labute approximate surface area is 231 Å². The van der Waals surface area contributed by atoms with Crippen LogP contribution in [-0.4, -0.2) is 28.4 Å². The highest BCUT2D eigenvalue weighted by atomic mass is 16.5. The van der Waals surface area contributed by atoms with Gasteiger partial charge in [0.25, 0.3) is 0 Å². The second-order valence-corrected chi connectivity index (χ2v) is 10.2. The summed E-state index contributed by atoms with van der Waals surface area (Å²) in [6.07, 6.45) is 7.93. The second-order valence-electron chi connectivity index (χ2n) is 10.2. The van der Waals surface area contributed by atoms with Gasteiger partial charge in [-0.15, -0.1) is 0 Å². The molecule has 0 radical (unpaired) electrons. The summed E-state index contributed by atoms with van der Waals surface area (Å²) in [4.78, 5) is 24.6. The van der Waals surface area contributed by atoms with E-state index in [0.717, 1.165) is 18.4 Å². The third-order valence-corrected chi connectivity index (χ3v) is 7.78. The van der Waals surface area contributed by atoms with Crippen LogP contribution in [0.2, 0.25) is 0 Å². The van der Waals surface area contributed by atoms with E-state index in [2.05, 4.69) is 26.0 Å². The van der Waals surface area contributed by atoms with Crippen molar-refractivity contribution in [2.24, 2.45) is 5.41 Å². The first kappa shape index (κ1) is 27.1. The Balaban J connectivity index is 1.75. The fourth-order valence-corrected chi connectivity index (χ4v) is 5.58. The van der Waals surface area contributed by atoms with Gasteiger partial charge >= 0.3 is 11.3 Å². The van der Waals surface area contributed by atoms with Crippen LogP contribution in [0.5, 0.6) is 23.0 Å². The Morgan fingerprint density at radius 2 is 1.35 bits per heavy atom. The molecule has 1 aliphatic carbocycles. The van der Waals surface area contributed by atoms with Crippen LogP contribution >= 0.6 is 0 Å². The van der Waals surface area contributed by atoms with Gasteiger partial charge in [-0.25, -0.2) is 9.59 Å². The predicted octanol–water partition coefficient (Wildman–Crippen LogP) is 6.48. The van der Waals surface area contributed by atoms with Gasteiger partial charge in [0.1, 0.15) is 28.6 Å².